The number of ether oxygens (including phenoxy) is 2. The van der Waals surface area contributed by atoms with Crippen molar-refractivity contribution in [3.05, 3.63) is 65.0 Å². The van der Waals surface area contributed by atoms with E-state index in [0.717, 1.165) is 16.7 Å². The van der Waals surface area contributed by atoms with E-state index in [2.05, 4.69) is 5.32 Å². The Morgan fingerprint density at radius 2 is 2.00 bits per heavy atom. The molecule has 0 unspecified atom stereocenters. The predicted molar refractivity (Wildman–Crippen MR) is 129 cm³/mol. The van der Waals surface area contributed by atoms with Gasteiger partial charge in [0.1, 0.15) is 11.6 Å². The van der Waals surface area contributed by atoms with Gasteiger partial charge in [-0.05, 0) is 59.7 Å². The fraction of sp³-hybridized carbons (Fsp3) is 0.481. The molecule has 1 aliphatic heterocycles. The van der Waals surface area contributed by atoms with Crippen molar-refractivity contribution in [1.82, 2.24) is 10.2 Å². The fourth-order valence-corrected chi connectivity index (χ4v) is 4.31. The molecule has 2 aromatic rings. The third-order valence-corrected chi connectivity index (χ3v) is 5.96. The summed E-state index contributed by atoms with van der Waals surface area (Å²) in [6.07, 6.45) is 0.990. The summed E-state index contributed by atoms with van der Waals surface area (Å²) < 4.78 is 25.2. The SMILES string of the molecule is CC[C@H](Oc1ccc2c(c1)[C@@H](c1cccc(F)c1)N(C(=O)CC(C)C)CC2)C(=O)NCCOC. The zero-order valence-corrected chi connectivity index (χ0v) is 20.5. The molecule has 2 atom stereocenters. The summed E-state index contributed by atoms with van der Waals surface area (Å²) >= 11 is 0. The van der Waals surface area contributed by atoms with E-state index in [1.54, 1.807) is 13.2 Å². The van der Waals surface area contributed by atoms with E-state index in [1.807, 2.05) is 49.9 Å². The van der Waals surface area contributed by atoms with E-state index < -0.39 is 12.1 Å². The van der Waals surface area contributed by atoms with Gasteiger partial charge in [-0.3, -0.25) is 9.59 Å². The van der Waals surface area contributed by atoms with Crippen LogP contribution in [0, 0.1) is 11.7 Å². The summed E-state index contributed by atoms with van der Waals surface area (Å²) in [6, 6.07) is 11.7. The molecule has 7 heteroatoms. The van der Waals surface area contributed by atoms with Crippen LogP contribution >= 0.6 is 0 Å². The molecule has 0 spiro atoms. The molecule has 1 N–H and O–H groups in total. The van der Waals surface area contributed by atoms with Gasteiger partial charge in [-0.25, -0.2) is 4.39 Å². The highest BCUT2D eigenvalue weighted by atomic mass is 19.1. The Morgan fingerprint density at radius 3 is 2.68 bits per heavy atom. The maximum absolute atomic E-state index is 14.2. The highest BCUT2D eigenvalue weighted by Crippen LogP contribution is 2.38. The van der Waals surface area contributed by atoms with Gasteiger partial charge in [0.25, 0.3) is 5.91 Å². The molecule has 2 aromatic carbocycles. The minimum absolute atomic E-state index is 0.0465. The van der Waals surface area contributed by atoms with E-state index in [-0.39, 0.29) is 23.5 Å². The lowest BCUT2D eigenvalue weighted by Crippen LogP contribution is -2.41. The van der Waals surface area contributed by atoms with Gasteiger partial charge < -0.3 is 19.7 Å². The summed E-state index contributed by atoms with van der Waals surface area (Å²) in [4.78, 5) is 27.5. The Hall–Kier alpha value is -2.93. The van der Waals surface area contributed by atoms with Crippen molar-refractivity contribution < 1.29 is 23.5 Å². The second-order valence-corrected chi connectivity index (χ2v) is 9.05. The Balaban J connectivity index is 1.93. The minimum Gasteiger partial charge on any atom is -0.481 e. The van der Waals surface area contributed by atoms with Crippen molar-refractivity contribution in [2.75, 3.05) is 26.8 Å². The zero-order chi connectivity index (χ0) is 24.7. The van der Waals surface area contributed by atoms with Crippen molar-refractivity contribution >= 4 is 11.8 Å². The number of methoxy groups -OCH3 is 1. The molecule has 0 aliphatic carbocycles. The van der Waals surface area contributed by atoms with Gasteiger partial charge in [0.05, 0.1) is 12.6 Å². The van der Waals surface area contributed by atoms with Crippen LogP contribution in [0.1, 0.15) is 56.3 Å². The Morgan fingerprint density at radius 1 is 1.21 bits per heavy atom. The molecule has 2 amide bonds. The van der Waals surface area contributed by atoms with Gasteiger partial charge in [-0.2, -0.15) is 0 Å². The summed E-state index contributed by atoms with van der Waals surface area (Å²) in [5, 5.41) is 2.81. The number of hydrogen-bond acceptors (Lipinski definition) is 4. The van der Waals surface area contributed by atoms with Crippen LogP contribution in [0.2, 0.25) is 0 Å². The molecule has 1 aliphatic rings. The lowest BCUT2D eigenvalue weighted by Gasteiger charge is -2.38. The first-order valence-corrected chi connectivity index (χ1v) is 11.9. The topological polar surface area (TPSA) is 67.9 Å². The summed E-state index contributed by atoms with van der Waals surface area (Å²) in [6.45, 7) is 7.33. The van der Waals surface area contributed by atoms with E-state index in [1.165, 1.54) is 12.1 Å². The van der Waals surface area contributed by atoms with E-state index in [0.29, 0.717) is 44.7 Å². The maximum Gasteiger partial charge on any atom is 0.261 e. The van der Waals surface area contributed by atoms with Crippen LogP contribution in [0.25, 0.3) is 0 Å². The largest absolute Gasteiger partial charge is 0.481 e. The molecule has 0 saturated heterocycles. The second kappa shape index (κ2) is 12.0. The molecule has 1 heterocycles. The Kier molecular flexibility index (Phi) is 9.05. The first-order valence-electron chi connectivity index (χ1n) is 11.9. The van der Waals surface area contributed by atoms with Crippen LogP contribution in [-0.2, 0) is 20.7 Å². The number of benzene rings is 2. The number of carbonyl (C=O) groups is 2. The molecule has 0 bridgehead atoms. The van der Waals surface area contributed by atoms with Crippen molar-refractivity contribution in [2.45, 2.75) is 52.2 Å². The van der Waals surface area contributed by atoms with Gasteiger partial charge in [0, 0.05) is 26.6 Å². The maximum atomic E-state index is 14.2. The summed E-state index contributed by atoms with van der Waals surface area (Å²) in [5.74, 6) is 0.274. The lowest BCUT2D eigenvalue weighted by molar-refractivity contribution is -0.134. The number of amides is 2. The molecule has 6 nitrogen and oxygen atoms in total. The first-order chi connectivity index (χ1) is 16.3. The number of hydrogen-bond donors (Lipinski definition) is 1. The van der Waals surface area contributed by atoms with Gasteiger partial charge in [-0.15, -0.1) is 0 Å². The van der Waals surface area contributed by atoms with Crippen LogP contribution in [0.15, 0.2) is 42.5 Å². The van der Waals surface area contributed by atoms with Gasteiger partial charge in [0.15, 0.2) is 6.10 Å². The number of fused-ring (bicyclic) bond motifs is 1. The smallest absolute Gasteiger partial charge is 0.261 e. The monoisotopic (exact) mass is 470 g/mol. The van der Waals surface area contributed by atoms with E-state index in [4.69, 9.17) is 9.47 Å². The number of rotatable bonds is 10. The van der Waals surface area contributed by atoms with Crippen molar-refractivity contribution in [3.8, 4) is 5.75 Å². The molecule has 3 rings (SSSR count). The Bertz CT molecular complexity index is 994. The third kappa shape index (κ3) is 6.35. The molecular weight excluding hydrogens is 435 g/mol. The van der Waals surface area contributed by atoms with Crippen molar-refractivity contribution in [3.63, 3.8) is 0 Å². The summed E-state index contributed by atoms with van der Waals surface area (Å²) in [7, 11) is 1.58. The standard InChI is InChI=1S/C27H35FN2O4/c1-5-24(27(32)29-12-14-33-4)34-22-10-9-19-11-13-30(25(31)15-18(2)3)26(23(19)17-22)20-7-6-8-21(28)16-20/h6-10,16-18,24,26H,5,11-15H2,1-4H3,(H,29,32)/t24-,26+/m0/s1. The highest BCUT2D eigenvalue weighted by molar-refractivity contribution is 5.81. The van der Waals surface area contributed by atoms with Crippen molar-refractivity contribution in [2.24, 2.45) is 5.92 Å². The highest BCUT2D eigenvalue weighted by Gasteiger charge is 2.33. The molecule has 0 aromatic heterocycles. The normalized spacial score (nSPS) is 16.2. The minimum atomic E-state index is -0.648. The average Bonchev–Trinajstić information content (AvgIpc) is 2.81. The number of nitrogens with one attached hydrogen (secondary N) is 1. The third-order valence-electron chi connectivity index (χ3n) is 5.96. The molecule has 0 saturated carbocycles. The Labute approximate surface area is 201 Å². The van der Waals surface area contributed by atoms with E-state index in [9.17, 15) is 14.0 Å². The van der Waals surface area contributed by atoms with Crippen LogP contribution in [-0.4, -0.2) is 49.6 Å². The number of carbonyl (C=O) groups excluding carboxylic acids is 2. The second-order valence-electron chi connectivity index (χ2n) is 9.05. The van der Waals surface area contributed by atoms with Crippen LogP contribution < -0.4 is 10.1 Å². The molecule has 184 valence electrons. The quantitative estimate of drug-likeness (QED) is 0.527. The predicted octanol–water partition coefficient (Wildman–Crippen LogP) is 4.27. The lowest BCUT2D eigenvalue weighted by atomic mass is 9.87. The van der Waals surface area contributed by atoms with Gasteiger partial charge in [-0.1, -0.05) is 39.0 Å². The first kappa shape index (κ1) is 25.7. The summed E-state index contributed by atoms with van der Waals surface area (Å²) in [5.41, 5.74) is 2.72. The average molecular weight is 471 g/mol. The van der Waals surface area contributed by atoms with Crippen LogP contribution in [0.3, 0.4) is 0 Å². The van der Waals surface area contributed by atoms with Gasteiger partial charge in [0.2, 0.25) is 5.91 Å². The number of nitrogens with zero attached hydrogens (tertiary/aromatic N) is 1. The van der Waals surface area contributed by atoms with E-state index >= 15 is 0 Å². The molecule has 34 heavy (non-hydrogen) atoms. The molecule has 0 fully saturated rings. The van der Waals surface area contributed by atoms with Crippen LogP contribution in [0.4, 0.5) is 4.39 Å². The van der Waals surface area contributed by atoms with Gasteiger partial charge >= 0.3 is 0 Å². The molecular formula is C27H35FN2O4. The number of halogens is 1. The molecule has 0 radical (unpaired) electrons. The van der Waals surface area contributed by atoms with Crippen molar-refractivity contribution in [1.29, 1.82) is 0 Å². The fourth-order valence-electron chi connectivity index (χ4n) is 4.31. The van der Waals surface area contributed by atoms with Crippen LogP contribution in [0.5, 0.6) is 5.75 Å². The zero-order valence-electron chi connectivity index (χ0n) is 20.5.